The van der Waals surface area contributed by atoms with Gasteiger partial charge in [-0.1, -0.05) is 23.2 Å². The smallest absolute Gasteiger partial charge is 0.274 e. The van der Waals surface area contributed by atoms with Crippen molar-refractivity contribution in [2.24, 2.45) is 0 Å². The topological polar surface area (TPSA) is 102 Å². The lowest BCUT2D eigenvalue weighted by atomic mass is 10.1. The summed E-state index contributed by atoms with van der Waals surface area (Å²) in [5.74, 6) is -0.724. The maximum absolute atomic E-state index is 13.0. The summed E-state index contributed by atoms with van der Waals surface area (Å²) >= 11 is 15.4. The molecule has 0 spiro atoms. The summed E-state index contributed by atoms with van der Waals surface area (Å²) in [5.41, 5.74) is 0.976. The second-order valence-electron chi connectivity index (χ2n) is 5.59. The van der Waals surface area contributed by atoms with Gasteiger partial charge >= 0.3 is 0 Å². The number of carbonyl (C=O) groups is 2. The van der Waals surface area contributed by atoms with Crippen LogP contribution >= 0.6 is 39.1 Å². The summed E-state index contributed by atoms with van der Waals surface area (Å²) in [6.07, 6.45) is 1.54. The predicted octanol–water partition coefficient (Wildman–Crippen LogP) is 3.65. The molecule has 28 heavy (non-hydrogen) atoms. The van der Waals surface area contributed by atoms with Gasteiger partial charge in [0.15, 0.2) is 11.5 Å². The van der Waals surface area contributed by atoms with Crippen LogP contribution in [0.2, 0.25) is 10.2 Å². The van der Waals surface area contributed by atoms with Crippen molar-refractivity contribution in [3.05, 3.63) is 62.2 Å². The number of aromatic nitrogens is 4. The van der Waals surface area contributed by atoms with E-state index < -0.39 is 11.8 Å². The molecule has 0 atom stereocenters. The maximum Gasteiger partial charge on any atom is 0.274 e. The standard InChI is InChI=1S/C17H13BrCl2N6O2/c1-8-6-12(20)23-14(17(28)21-2)13(8)24-16(27)10-7-11(18)25-26(10)15-9(19)4-3-5-22-15/h3-7H,1-2H3,(H,21,28)(H,24,27). The molecule has 0 aliphatic carbocycles. The monoisotopic (exact) mass is 482 g/mol. The van der Waals surface area contributed by atoms with Crippen molar-refractivity contribution in [1.82, 2.24) is 25.1 Å². The van der Waals surface area contributed by atoms with E-state index in [2.05, 4.69) is 41.6 Å². The van der Waals surface area contributed by atoms with Gasteiger partial charge in [0.1, 0.15) is 15.5 Å². The molecule has 2 amide bonds. The molecular formula is C17H13BrCl2N6O2. The number of amides is 2. The van der Waals surface area contributed by atoms with Gasteiger partial charge in [-0.2, -0.15) is 5.10 Å². The molecule has 144 valence electrons. The van der Waals surface area contributed by atoms with Crippen LogP contribution in [0.3, 0.4) is 0 Å². The fourth-order valence-corrected chi connectivity index (χ4v) is 3.28. The van der Waals surface area contributed by atoms with Crippen LogP contribution in [0.25, 0.3) is 5.82 Å². The van der Waals surface area contributed by atoms with Crippen LogP contribution in [-0.2, 0) is 0 Å². The van der Waals surface area contributed by atoms with E-state index in [-0.39, 0.29) is 28.0 Å². The highest BCUT2D eigenvalue weighted by atomic mass is 79.9. The summed E-state index contributed by atoms with van der Waals surface area (Å²) in [6, 6.07) is 6.37. The third-order valence-corrected chi connectivity index (χ3v) is 4.59. The zero-order chi connectivity index (χ0) is 20.4. The summed E-state index contributed by atoms with van der Waals surface area (Å²) in [6.45, 7) is 1.71. The molecule has 0 aliphatic rings. The van der Waals surface area contributed by atoms with E-state index in [1.54, 1.807) is 25.1 Å². The Balaban J connectivity index is 2.05. The van der Waals surface area contributed by atoms with Crippen molar-refractivity contribution in [2.75, 3.05) is 12.4 Å². The minimum absolute atomic E-state index is 0.00171. The first-order chi connectivity index (χ1) is 13.3. The molecular weight excluding hydrogens is 471 g/mol. The number of nitrogens with zero attached hydrogens (tertiary/aromatic N) is 4. The van der Waals surface area contributed by atoms with Gasteiger partial charge in [0, 0.05) is 19.3 Å². The van der Waals surface area contributed by atoms with Crippen LogP contribution < -0.4 is 10.6 Å². The molecule has 0 radical (unpaired) electrons. The number of hydrogen-bond donors (Lipinski definition) is 2. The number of hydrogen-bond acceptors (Lipinski definition) is 5. The Hall–Kier alpha value is -2.49. The fourth-order valence-electron chi connectivity index (χ4n) is 2.46. The Bertz CT molecular complexity index is 1090. The number of halogens is 3. The average molecular weight is 484 g/mol. The first-order valence-electron chi connectivity index (χ1n) is 7.89. The highest BCUT2D eigenvalue weighted by Crippen LogP contribution is 2.25. The first-order valence-corrected chi connectivity index (χ1v) is 9.43. The Kier molecular flexibility index (Phi) is 5.97. The maximum atomic E-state index is 13.0. The first kappa shape index (κ1) is 20.2. The molecule has 0 saturated heterocycles. The highest BCUT2D eigenvalue weighted by molar-refractivity contribution is 9.10. The molecule has 0 bridgehead atoms. The van der Waals surface area contributed by atoms with E-state index in [1.165, 1.54) is 24.0 Å². The van der Waals surface area contributed by atoms with Crippen molar-refractivity contribution < 1.29 is 9.59 Å². The lowest BCUT2D eigenvalue weighted by Gasteiger charge is -2.13. The van der Waals surface area contributed by atoms with Gasteiger partial charge in [-0.05, 0) is 46.6 Å². The number of aryl methyl sites for hydroxylation is 1. The third-order valence-electron chi connectivity index (χ3n) is 3.72. The van der Waals surface area contributed by atoms with Crippen molar-refractivity contribution in [1.29, 1.82) is 0 Å². The number of carbonyl (C=O) groups excluding carboxylic acids is 2. The highest BCUT2D eigenvalue weighted by Gasteiger charge is 2.22. The van der Waals surface area contributed by atoms with Crippen molar-refractivity contribution in [3.8, 4) is 5.82 Å². The Labute approximate surface area is 178 Å². The van der Waals surface area contributed by atoms with Gasteiger partial charge in [-0.15, -0.1) is 0 Å². The fraction of sp³-hybridized carbons (Fsp3) is 0.118. The lowest BCUT2D eigenvalue weighted by molar-refractivity contribution is 0.0959. The molecule has 11 heteroatoms. The molecule has 3 heterocycles. The van der Waals surface area contributed by atoms with Crippen molar-refractivity contribution >= 4 is 56.6 Å². The summed E-state index contributed by atoms with van der Waals surface area (Å²) in [5, 5.41) is 9.87. The van der Waals surface area contributed by atoms with Gasteiger partial charge in [0.05, 0.1) is 10.7 Å². The van der Waals surface area contributed by atoms with E-state index in [4.69, 9.17) is 23.2 Å². The van der Waals surface area contributed by atoms with Gasteiger partial charge in [0.25, 0.3) is 11.8 Å². The quantitative estimate of drug-likeness (QED) is 0.551. The van der Waals surface area contributed by atoms with Crippen LogP contribution in [0, 0.1) is 6.92 Å². The number of nitrogens with one attached hydrogen (secondary N) is 2. The number of anilines is 1. The van der Waals surface area contributed by atoms with E-state index >= 15 is 0 Å². The molecule has 3 rings (SSSR count). The van der Waals surface area contributed by atoms with E-state index in [9.17, 15) is 9.59 Å². The van der Waals surface area contributed by atoms with E-state index in [0.29, 0.717) is 15.2 Å². The molecule has 0 fully saturated rings. The van der Waals surface area contributed by atoms with Crippen LogP contribution in [0.4, 0.5) is 5.69 Å². The van der Waals surface area contributed by atoms with Crippen molar-refractivity contribution in [2.45, 2.75) is 6.92 Å². The van der Waals surface area contributed by atoms with Crippen LogP contribution in [-0.4, -0.2) is 38.6 Å². The number of pyridine rings is 2. The lowest BCUT2D eigenvalue weighted by Crippen LogP contribution is -2.24. The average Bonchev–Trinajstić information content (AvgIpc) is 3.05. The molecule has 3 aromatic rings. The van der Waals surface area contributed by atoms with Gasteiger partial charge in [-0.3, -0.25) is 9.59 Å². The largest absolute Gasteiger partial charge is 0.354 e. The summed E-state index contributed by atoms with van der Waals surface area (Å²) in [7, 11) is 1.46. The van der Waals surface area contributed by atoms with E-state index in [0.717, 1.165) is 0 Å². The Morgan fingerprint density at radius 3 is 2.64 bits per heavy atom. The Morgan fingerprint density at radius 1 is 1.21 bits per heavy atom. The van der Waals surface area contributed by atoms with E-state index in [1.807, 2.05) is 0 Å². The van der Waals surface area contributed by atoms with Crippen LogP contribution in [0.1, 0.15) is 26.5 Å². The second-order valence-corrected chi connectivity index (χ2v) is 7.20. The normalized spacial score (nSPS) is 10.6. The van der Waals surface area contributed by atoms with Crippen molar-refractivity contribution in [3.63, 3.8) is 0 Å². The Morgan fingerprint density at radius 2 is 1.96 bits per heavy atom. The molecule has 3 aromatic heterocycles. The SMILES string of the molecule is CNC(=O)c1nc(Cl)cc(C)c1NC(=O)c1cc(Br)nn1-c1ncccc1Cl. The molecule has 0 aliphatic heterocycles. The van der Waals surface area contributed by atoms with Crippen LogP contribution in [0.5, 0.6) is 0 Å². The minimum atomic E-state index is -0.530. The number of rotatable bonds is 4. The second kappa shape index (κ2) is 8.26. The van der Waals surface area contributed by atoms with Gasteiger partial charge in [-0.25, -0.2) is 14.6 Å². The predicted molar refractivity (Wildman–Crippen MR) is 109 cm³/mol. The molecule has 0 unspecified atom stereocenters. The van der Waals surface area contributed by atoms with Crippen LogP contribution in [0.15, 0.2) is 35.1 Å². The summed E-state index contributed by atoms with van der Waals surface area (Å²) < 4.78 is 1.72. The molecule has 8 nitrogen and oxygen atoms in total. The molecule has 2 N–H and O–H groups in total. The third kappa shape index (κ3) is 4.01. The molecule has 0 saturated carbocycles. The molecule has 0 aromatic carbocycles. The van der Waals surface area contributed by atoms with Gasteiger partial charge in [0.2, 0.25) is 0 Å². The van der Waals surface area contributed by atoms with Gasteiger partial charge < -0.3 is 10.6 Å². The zero-order valence-corrected chi connectivity index (χ0v) is 17.7. The minimum Gasteiger partial charge on any atom is -0.354 e. The zero-order valence-electron chi connectivity index (χ0n) is 14.6. The summed E-state index contributed by atoms with van der Waals surface area (Å²) in [4.78, 5) is 33.3.